The van der Waals surface area contributed by atoms with Crippen LogP contribution >= 0.6 is 0 Å². The number of ether oxygens (including phenoxy) is 1. The minimum absolute atomic E-state index is 0.118. The lowest BCUT2D eigenvalue weighted by atomic mass is 10.1. The smallest absolute Gasteiger partial charge is 0.333 e. The Balaban J connectivity index is 1.97. The van der Waals surface area contributed by atoms with E-state index >= 15 is 0 Å². The lowest BCUT2D eigenvalue weighted by molar-refractivity contribution is -0.134. The fourth-order valence-corrected chi connectivity index (χ4v) is 3.56. The molecular formula is C20H21N5O5. The molecule has 2 saturated heterocycles. The van der Waals surface area contributed by atoms with Gasteiger partial charge in [0.25, 0.3) is 17.4 Å². The first-order chi connectivity index (χ1) is 14.3. The van der Waals surface area contributed by atoms with Crippen molar-refractivity contribution >= 4 is 35.4 Å². The van der Waals surface area contributed by atoms with E-state index in [9.17, 15) is 19.2 Å². The number of likely N-dealkylation sites (N-methyl/N-ethyl adjacent to an activating group) is 2. The maximum atomic E-state index is 13.4. The van der Waals surface area contributed by atoms with E-state index in [2.05, 4.69) is 0 Å². The number of imide groups is 2. The second kappa shape index (κ2) is 7.38. The van der Waals surface area contributed by atoms with E-state index in [1.165, 1.54) is 24.6 Å². The Morgan fingerprint density at radius 2 is 1.67 bits per heavy atom. The van der Waals surface area contributed by atoms with E-state index in [0.29, 0.717) is 37.8 Å². The average molecular weight is 411 g/mol. The lowest BCUT2D eigenvalue weighted by Crippen LogP contribution is -2.53. The molecule has 0 atom stereocenters. The SMILES string of the molecule is Cc1cccn2c(=O)c(C=C3C(=O)N(C)C(=O)N(C)C3=O)c(N3CCOCC3)nc12. The third kappa shape index (κ3) is 3.05. The number of carbonyl (C=O) groups excluding carboxylic acids is 3. The van der Waals surface area contributed by atoms with Crippen LogP contribution in [0.5, 0.6) is 0 Å². The molecule has 0 bridgehead atoms. The summed E-state index contributed by atoms with van der Waals surface area (Å²) in [6, 6.07) is 2.86. The standard InChI is InChI=1S/C20H21N5O5/c1-12-5-4-6-25-15(12)21-16(24-7-9-30-10-8-24)13(19(25)28)11-14-17(26)22(2)20(29)23(3)18(14)27/h4-6,11H,7-10H2,1-3H3. The summed E-state index contributed by atoms with van der Waals surface area (Å²) in [5.74, 6) is -1.14. The average Bonchev–Trinajstić information content (AvgIpc) is 2.76. The molecule has 2 fully saturated rings. The van der Waals surface area contributed by atoms with Crippen molar-refractivity contribution in [3.8, 4) is 0 Å². The molecule has 0 N–H and O–H groups in total. The van der Waals surface area contributed by atoms with Crippen molar-refractivity contribution in [3.05, 3.63) is 45.4 Å². The topological polar surface area (TPSA) is 105 Å². The van der Waals surface area contributed by atoms with Gasteiger partial charge < -0.3 is 9.64 Å². The van der Waals surface area contributed by atoms with Crippen LogP contribution in [0.25, 0.3) is 11.7 Å². The van der Waals surface area contributed by atoms with Crippen LogP contribution < -0.4 is 10.5 Å². The Kier molecular flexibility index (Phi) is 4.86. The molecule has 2 aromatic heterocycles. The van der Waals surface area contributed by atoms with Gasteiger partial charge in [-0.1, -0.05) is 6.07 Å². The molecule has 0 radical (unpaired) electrons. The number of amides is 4. The van der Waals surface area contributed by atoms with Gasteiger partial charge in [-0.25, -0.2) is 9.78 Å². The summed E-state index contributed by atoms with van der Waals surface area (Å²) < 4.78 is 6.79. The maximum Gasteiger partial charge on any atom is 0.333 e. The molecule has 2 aliphatic rings. The number of aromatic nitrogens is 2. The van der Waals surface area contributed by atoms with E-state index in [1.807, 2.05) is 17.9 Å². The van der Waals surface area contributed by atoms with Crippen molar-refractivity contribution in [2.45, 2.75) is 6.92 Å². The number of anilines is 1. The van der Waals surface area contributed by atoms with Gasteiger partial charge in [0, 0.05) is 33.4 Å². The normalized spacial score (nSPS) is 17.9. The predicted molar refractivity (Wildman–Crippen MR) is 108 cm³/mol. The molecule has 10 nitrogen and oxygen atoms in total. The zero-order valence-electron chi connectivity index (χ0n) is 16.9. The van der Waals surface area contributed by atoms with Crippen LogP contribution in [0.3, 0.4) is 0 Å². The number of carbonyl (C=O) groups is 3. The maximum absolute atomic E-state index is 13.4. The zero-order valence-corrected chi connectivity index (χ0v) is 16.9. The van der Waals surface area contributed by atoms with Crippen molar-refractivity contribution in [2.24, 2.45) is 0 Å². The van der Waals surface area contributed by atoms with Gasteiger partial charge in [0.15, 0.2) is 0 Å². The molecule has 2 aromatic rings. The molecular weight excluding hydrogens is 390 g/mol. The predicted octanol–water partition coefficient (Wildman–Crippen LogP) is 0.273. The minimum atomic E-state index is -0.759. The Hall–Kier alpha value is -3.53. The van der Waals surface area contributed by atoms with Crippen LogP contribution in [0.1, 0.15) is 11.1 Å². The third-order valence-corrected chi connectivity index (χ3v) is 5.31. The van der Waals surface area contributed by atoms with Crippen LogP contribution in [0.15, 0.2) is 28.7 Å². The number of rotatable bonds is 2. The Labute approximate surface area is 171 Å². The summed E-state index contributed by atoms with van der Waals surface area (Å²) in [6.45, 7) is 3.84. The van der Waals surface area contributed by atoms with Crippen LogP contribution in [0.4, 0.5) is 10.6 Å². The van der Waals surface area contributed by atoms with Crippen molar-refractivity contribution in [1.29, 1.82) is 0 Å². The Bertz CT molecular complexity index is 1140. The van der Waals surface area contributed by atoms with Crippen LogP contribution in [0, 0.1) is 6.92 Å². The van der Waals surface area contributed by atoms with Crippen molar-refractivity contribution in [1.82, 2.24) is 19.2 Å². The number of aryl methyl sites for hydroxylation is 1. The summed E-state index contributed by atoms with van der Waals surface area (Å²) >= 11 is 0. The molecule has 156 valence electrons. The van der Waals surface area contributed by atoms with Crippen LogP contribution in [-0.2, 0) is 14.3 Å². The molecule has 4 heterocycles. The highest BCUT2D eigenvalue weighted by molar-refractivity contribution is 6.30. The largest absolute Gasteiger partial charge is 0.378 e. The van der Waals surface area contributed by atoms with Gasteiger partial charge in [-0.2, -0.15) is 0 Å². The number of urea groups is 1. The minimum Gasteiger partial charge on any atom is -0.378 e. The van der Waals surface area contributed by atoms with E-state index in [1.54, 1.807) is 12.3 Å². The van der Waals surface area contributed by atoms with Crippen LogP contribution in [-0.4, -0.2) is 77.4 Å². The molecule has 2 aliphatic heterocycles. The summed E-state index contributed by atoms with van der Waals surface area (Å²) in [5, 5.41) is 0. The molecule has 0 aliphatic carbocycles. The van der Waals surface area contributed by atoms with E-state index in [0.717, 1.165) is 15.4 Å². The first kappa shape index (κ1) is 19.8. The third-order valence-electron chi connectivity index (χ3n) is 5.31. The number of pyridine rings is 1. The molecule has 4 rings (SSSR count). The lowest BCUT2D eigenvalue weighted by Gasteiger charge is -2.30. The molecule has 30 heavy (non-hydrogen) atoms. The van der Waals surface area contributed by atoms with E-state index in [4.69, 9.17) is 9.72 Å². The molecule has 0 unspecified atom stereocenters. The number of fused-ring (bicyclic) bond motifs is 1. The van der Waals surface area contributed by atoms with E-state index < -0.39 is 23.4 Å². The van der Waals surface area contributed by atoms with Crippen molar-refractivity contribution in [3.63, 3.8) is 0 Å². The van der Waals surface area contributed by atoms with Gasteiger partial charge >= 0.3 is 6.03 Å². The summed E-state index contributed by atoms with van der Waals surface area (Å²) in [4.78, 5) is 59.0. The molecule has 0 spiro atoms. The molecule has 10 heteroatoms. The molecule has 0 saturated carbocycles. The van der Waals surface area contributed by atoms with Gasteiger partial charge in [-0.05, 0) is 24.6 Å². The van der Waals surface area contributed by atoms with Gasteiger partial charge in [0.05, 0.1) is 18.8 Å². The van der Waals surface area contributed by atoms with Gasteiger partial charge in [0.1, 0.15) is 17.0 Å². The quantitative estimate of drug-likeness (QED) is 0.516. The Morgan fingerprint density at radius 3 is 2.30 bits per heavy atom. The van der Waals surface area contributed by atoms with Gasteiger partial charge in [-0.15, -0.1) is 0 Å². The summed E-state index contributed by atoms with van der Waals surface area (Å²) in [6.07, 6.45) is 2.84. The number of morpholine rings is 1. The van der Waals surface area contributed by atoms with Crippen molar-refractivity contribution in [2.75, 3.05) is 45.3 Å². The number of barbiturate groups is 1. The first-order valence-electron chi connectivity index (χ1n) is 9.47. The monoisotopic (exact) mass is 411 g/mol. The highest BCUT2D eigenvalue weighted by Gasteiger charge is 2.38. The second-order valence-electron chi connectivity index (χ2n) is 7.21. The molecule has 4 amide bonds. The summed E-state index contributed by atoms with van der Waals surface area (Å²) in [5.41, 5.74) is 0.768. The van der Waals surface area contributed by atoms with Crippen molar-refractivity contribution < 1.29 is 19.1 Å². The van der Waals surface area contributed by atoms with Gasteiger partial charge in [0.2, 0.25) is 0 Å². The zero-order chi connectivity index (χ0) is 21.6. The fourth-order valence-electron chi connectivity index (χ4n) is 3.56. The Morgan fingerprint density at radius 1 is 1.03 bits per heavy atom. The van der Waals surface area contributed by atoms with Crippen LogP contribution in [0.2, 0.25) is 0 Å². The molecule has 0 aromatic carbocycles. The van der Waals surface area contributed by atoms with Gasteiger partial charge in [-0.3, -0.25) is 28.6 Å². The second-order valence-corrected chi connectivity index (χ2v) is 7.21. The first-order valence-corrected chi connectivity index (χ1v) is 9.47. The number of hydrogen-bond acceptors (Lipinski definition) is 7. The van der Waals surface area contributed by atoms with E-state index in [-0.39, 0.29) is 11.1 Å². The number of nitrogens with zero attached hydrogens (tertiary/aromatic N) is 5. The highest BCUT2D eigenvalue weighted by Crippen LogP contribution is 2.24. The summed E-state index contributed by atoms with van der Waals surface area (Å²) in [7, 11) is 2.58. The fraction of sp³-hybridized carbons (Fsp3) is 0.350. The highest BCUT2D eigenvalue weighted by atomic mass is 16.5. The number of hydrogen-bond donors (Lipinski definition) is 0.